The molecule has 0 spiro atoms. The van der Waals surface area contributed by atoms with Crippen LogP contribution in [0.4, 0.5) is 0 Å². The molecular weight excluding hydrogens is 470 g/mol. The van der Waals surface area contributed by atoms with Gasteiger partial charge in [-0.05, 0) is 66.2 Å². The molecule has 0 fully saturated rings. The van der Waals surface area contributed by atoms with Crippen molar-refractivity contribution in [3.8, 4) is 23.1 Å². The van der Waals surface area contributed by atoms with Gasteiger partial charge < -0.3 is 19.9 Å². The van der Waals surface area contributed by atoms with Crippen molar-refractivity contribution in [2.75, 3.05) is 20.8 Å². The number of aromatic nitrogens is 2. The third-order valence-corrected chi connectivity index (χ3v) is 6.01. The normalized spacial score (nSPS) is 15.5. The van der Waals surface area contributed by atoms with Gasteiger partial charge in [-0.2, -0.15) is 0 Å². The van der Waals surface area contributed by atoms with Crippen molar-refractivity contribution in [1.82, 2.24) is 14.9 Å². The van der Waals surface area contributed by atoms with Crippen molar-refractivity contribution in [2.24, 2.45) is 0 Å². The van der Waals surface area contributed by atoms with Gasteiger partial charge in [-0.1, -0.05) is 15.9 Å². The molecule has 156 valence electrons. The third-order valence-electron chi connectivity index (χ3n) is 5.19. The average molecular weight is 490 g/mol. The van der Waals surface area contributed by atoms with Crippen LogP contribution in [0.1, 0.15) is 22.7 Å². The number of rotatable bonds is 4. The van der Waals surface area contributed by atoms with E-state index in [1.165, 1.54) is 4.57 Å². The molecule has 0 unspecified atom stereocenters. The van der Waals surface area contributed by atoms with E-state index in [0.717, 1.165) is 22.0 Å². The topological polar surface area (TPSA) is 88.5 Å². The number of hydrogen-bond donors (Lipinski definition) is 3. The van der Waals surface area contributed by atoms with Crippen molar-refractivity contribution in [3.63, 3.8) is 0 Å². The molecule has 0 saturated heterocycles. The first-order chi connectivity index (χ1) is 14.4. The van der Waals surface area contributed by atoms with Gasteiger partial charge in [-0.15, -0.1) is 0 Å². The number of hydrogen-bond acceptors (Lipinski definition) is 6. The summed E-state index contributed by atoms with van der Waals surface area (Å²) in [5.41, 5.74) is 2.26. The van der Waals surface area contributed by atoms with E-state index in [1.54, 1.807) is 26.4 Å². The molecule has 2 aromatic carbocycles. The predicted octanol–water partition coefficient (Wildman–Crippen LogP) is 3.62. The van der Waals surface area contributed by atoms with Crippen LogP contribution in [0.25, 0.3) is 5.69 Å². The van der Waals surface area contributed by atoms with Crippen LogP contribution in [-0.2, 0) is 6.42 Å². The van der Waals surface area contributed by atoms with Gasteiger partial charge in [-0.3, -0.25) is 14.3 Å². The summed E-state index contributed by atoms with van der Waals surface area (Å²) in [6, 6.07) is 10.5. The summed E-state index contributed by atoms with van der Waals surface area (Å²) in [6.07, 6.45) is 0.761. The van der Waals surface area contributed by atoms with Gasteiger partial charge in [0.1, 0.15) is 0 Å². The maximum Gasteiger partial charge on any atom is 0.260 e. The number of benzene rings is 2. The number of halogens is 1. The number of nitrogens with one attached hydrogen (secondary N) is 2. The van der Waals surface area contributed by atoms with Gasteiger partial charge in [0, 0.05) is 11.0 Å². The Hall–Kier alpha value is -2.62. The Morgan fingerprint density at radius 2 is 1.83 bits per heavy atom. The van der Waals surface area contributed by atoms with Gasteiger partial charge in [0.05, 0.1) is 31.5 Å². The zero-order chi connectivity index (χ0) is 21.4. The number of methoxy groups -OCH3 is 2. The van der Waals surface area contributed by atoms with E-state index >= 15 is 0 Å². The Labute approximate surface area is 186 Å². The second-order valence-electron chi connectivity index (χ2n) is 6.85. The van der Waals surface area contributed by atoms with Crippen molar-refractivity contribution < 1.29 is 14.6 Å². The van der Waals surface area contributed by atoms with Crippen molar-refractivity contribution >= 4 is 28.1 Å². The Kier molecular flexibility index (Phi) is 5.68. The van der Waals surface area contributed by atoms with Gasteiger partial charge in [0.2, 0.25) is 5.88 Å². The summed E-state index contributed by atoms with van der Waals surface area (Å²) in [7, 11) is 3.15. The van der Waals surface area contributed by atoms with Crippen LogP contribution in [-0.4, -0.2) is 35.4 Å². The Morgan fingerprint density at radius 1 is 1.17 bits per heavy atom. The first-order valence-corrected chi connectivity index (χ1v) is 10.5. The van der Waals surface area contributed by atoms with E-state index in [9.17, 15) is 9.90 Å². The maximum absolute atomic E-state index is 12.9. The molecule has 30 heavy (non-hydrogen) atoms. The molecule has 0 aliphatic carbocycles. The quantitative estimate of drug-likeness (QED) is 0.485. The molecule has 9 heteroatoms. The van der Waals surface area contributed by atoms with Crippen LogP contribution < -0.4 is 20.3 Å². The molecule has 4 rings (SSSR count). The molecule has 1 atom stereocenters. The van der Waals surface area contributed by atoms with Crippen LogP contribution in [0.5, 0.6) is 17.4 Å². The van der Waals surface area contributed by atoms with E-state index in [1.807, 2.05) is 24.3 Å². The minimum Gasteiger partial charge on any atom is -0.494 e. The maximum atomic E-state index is 12.9. The second kappa shape index (κ2) is 8.25. The number of aromatic amines is 1. The first kappa shape index (κ1) is 20.6. The van der Waals surface area contributed by atoms with Crippen molar-refractivity contribution in [2.45, 2.75) is 12.5 Å². The number of aromatic hydroxyl groups is 1. The SMILES string of the molecule is COc1cc2c(cc1OC)[C@H](c1c(O)n(-c3ccc(Br)cc3)c(=S)[nH]c1=O)NCC2. The number of H-pyrrole nitrogens is 1. The number of nitrogens with zero attached hydrogens (tertiary/aromatic N) is 1. The second-order valence-corrected chi connectivity index (χ2v) is 8.15. The van der Waals surface area contributed by atoms with E-state index in [2.05, 4.69) is 26.2 Å². The van der Waals surface area contributed by atoms with E-state index in [0.29, 0.717) is 23.7 Å². The monoisotopic (exact) mass is 489 g/mol. The van der Waals surface area contributed by atoms with E-state index in [-0.39, 0.29) is 16.2 Å². The highest BCUT2D eigenvalue weighted by molar-refractivity contribution is 9.10. The van der Waals surface area contributed by atoms with Crippen molar-refractivity contribution in [1.29, 1.82) is 0 Å². The van der Waals surface area contributed by atoms with Crippen LogP contribution >= 0.6 is 28.1 Å². The molecule has 0 bridgehead atoms. The fourth-order valence-corrected chi connectivity index (χ4v) is 4.32. The fourth-order valence-electron chi connectivity index (χ4n) is 3.77. The summed E-state index contributed by atoms with van der Waals surface area (Å²) >= 11 is 8.73. The average Bonchev–Trinajstić information content (AvgIpc) is 2.73. The minimum atomic E-state index is -0.533. The Balaban J connectivity index is 1.93. The van der Waals surface area contributed by atoms with Crippen LogP contribution in [0.3, 0.4) is 0 Å². The molecule has 1 aromatic heterocycles. The molecule has 3 aromatic rings. The summed E-state index contributed by atoms with van der Waals surface area (Å²) in [5, 5.41) is 14.5. The molecule has 1 aliphatic rings. The van der Waals surface area contributed by atoms with Gasteiger partial charge in [-0.25, -0.2) is 0 Å². The van der Waals surface area contributed by atoms with Gasteiger partial charge >= 0.3 is 0 Å². The van der Waals surface area contributed by atoms with Crippen LogP contribution in [0.15, 0.2) is 45.7 Å². The standard InChI is InChI=1S/C21H20BrN3O4S/c1-28-15-9-11-7-8-23-18(14(11)10-16(15)29-2)17-19(26)24-21(30)25(20(17)27)13-5-3-12(22)4-6-13/h3-6,9-10,18,23,27H,7-8H2,1-2H3,(H,24,26,30)/t18-/m1/s1. The molecule has 7 nitrogen and oxygen atoms in total. The number of ether oxygens (including phenoxy) is 2. The van der Waals surface area contributed by atoms with Crippen LogP contribution in [0.2, 0.25) is 0 Å². The lowest BCUT2D eigenvalue weighted by Crippen LogP contribution is -2.35. The first-order valence-electron chi connectivity index (χ1n) is 9.27. The molecular formula is C21H20BrN3O4S. The minimum absolute atomic E-state index is 0.118. The lowest BCUT2D eigenvalue weighted by Gasteiger charge is -2.29. The highest BCUT2D eigenvalue weighted by atomic mass is 79.9. The predicted molar refractivity (Wildman–Crippen MR) is 120 cm³/mol. The molecule has 0 radical (unpaired) electrons. The summed E-state index contributed by atoms with van der Waals surface area (Å²) in [4.78, 5) is 15.6. The fraction of sp³-hybridized carbons (Fsp3) is 0.238. The lowest BCUT2D eigenvalue weighted by atomic mass is 9.90. The largest absolute Gasteiger partial charge is 0.494 e. The molecule has 1 aliphatic heterocycles. The molecule has 3 N–H and O–H groups in total. The summed E-state index contributed by atoms with van der Waals surface area (Å²) in [6.45, 7) is 0.639. The zero-order valence-electron chi connectivity index (χ0n) is 16.4. The van der Waals surface area contributed by atoms with Gasteiger partial charge in [0.25, 0.3) is 5.56 Å². The smallest absolute Gasteiger partial charge is 0.260 e. The van der Waals surface area contributed by atoms with Gasteiger partial charge in [0.15, 0.2) is 16.3 Å². The Morgan fingerprint density at radius 3 is 2.50 bits per heavy atom. The lowest BCUT2D eigenvalue weighted by molar-refractivity contribution is 0.352. The molecule has 0 saturated carbocycles. The van der Waals surface area contributed by atoms with Crippen molar-refractivity contribution in [3.05, 3.63) is 72.7 Å². The molecule has 0 amide bonds. The zero-order valence-corrected chi connectivity index (χ0v) is 18.8. The Bertz CT molecular complexity index is 1220. The summed E-state index contributed by atoms with van der Waals surface area (Å²) < 4.78 is 13.3. The van der Waals surface area contributed by atoms with E-state index in [4.69, 9.17) is 21.7 Å². The summed E-state index contributed by atoms with van der Waals surface area (Å²) in [5.74, 6) is 0.980. The number of fused-ring (bicyclic) bond motifs is 1. The highest BCUT2D eigenvalue weighted by Crippen LogP contribution is 2.38. The van der Waals surface area contributed by atoms with Crippen LogP contribution in [0, 0.1) is 4.77 Å². The third kappa shape index (κ3) is 3.53. The van der Waals surface area contributed by atoms with E-state index < -0.39 is 11.6 Å². The highest BCUT2D eigenvalue weighted by Gasteiger charge is 2.29. The molecule has 2 heterocycles.